The van der Waals surface area contributed by atoms with Gasteiger partial charge >= 0.3 is 0 Å². The summed E-state index contributed by atoms with van der Waals surface area (Å²) in [6.07, 6.45) is 5.25. The van der Waals surface area contributed by atoms with Crippen molar-refractivity contribution in [1.82, 2.24) is 14.7 Å². The van der Waals surface area contributed by atoms with Crippen molar-refractivity contribution in [2.75, 3.05) is 19.7 Å². The van der Waals surface area contributed by atoms with Gasteiger partial charge in [0.25, 0.3) is 5.91 Å². The molecule has 112 valence electrons. The summed E-state index contributed by atoms with van der Waals surface area (Å²) >= 11 is 0. The molecule has 6 heteroatoms. The molecular weight excluding hydrogens is 270 g/mol. The minimum absolute atomic E-state index is 0.0871. The fourth-order valence-electron chi connectivity index (χ4n) is 2.65. The second-order valence-electron chi connectivity index (χ2n) is 5.64. The SMILES string of the molecule is Cc1ccoc1C(=O)N1CCO[C@@](C)(c2cnn(C)c2)C1. The van der Waals surface area contributed by atoms with E-state index in [0.29, 0.717) is 25.5 Å². The second-order valence-corrected chi connectivity index (χ2v) is 5.64. The molecule has 0 saturated carbocycles. The van der Waals surface area contributed by atoms with Crippen molar-refractivity contribution in [3.05, 3.63) is 41.6 Å². The van der Waals surface area contributed by atoms with Crippen LogP contribution < -0.4 is 0 Å². The van der Waals surface area contributed by atoms with Crippen molar-refractivity contribution in [1.29, 1.82) is 0 Å². The van der Waals surface area contributed by atoms with Gasteiger partial charge in [-0.25, -0.2) is 0 Å². The Balaban J connectivity index is 1.83. The lowest BCUT2D eigenvalue weighted by Crippen LogP contribution is -2.50. The van der Waals surface area contributed by atoms with Gasteiger partial charge in [0.2, 0.25) is 0 Å². The lowest BCUT2D eigenvalue weighted by atomic mass is 9.96. The predicted octanol–water partition coefficient (Wildman–Crippen LogP) is 1.71. The van der Waals surface area contributed by atoms with Crippen LogP contribution >= 0.6 is 0 Å². The maximum atomic E-state index is 12.6. The molecule has 2 aromatic heterocycles. The van der Waals surface area contributed by atoms with Crippen molar-refractivity contribution < 1.29 is 13.9 Å². The van der Waals surface area contributed by atoms with Gasteiger partial charge in [0.1, 0.15) is 5.60 Å². The fourth-order valence-corrected chi connectivity index (χ4v) is 2.65. The first-order chi connectivity index (χ1) is 9.99. The van der Waals surface area contributed by atoms with E-state index in [1.165, 1.54) is 0 Å². The lowest BCUT2D eigenvalue weighted by Gasteiger charge is -2.39. The molecule has 0 unspecified atom stereocenters. The van der Waals surface area contributed by atoms with Gasteiger partial charge in [0, 0.05) is 30.9 Å². The molecule has 3 rings (SSSR count). The maximum absolute atomic E-state index is 12.6. The van der Waals surface area contributed by atoms with Crippen LogP contribution in [0.15, 0.2) is 29.1 Å². The normalized spacial score (nSPS) is 22.5. The molecule has 0 radical (unpaired) electrons. The summed E-state index contributed by atoms with van der Waals surface area (Å²) in [4.78, 5) is 14.3. The van der Waals surface area contributed by atoms with Gasteiger partial charge in [0.05, 0.1) is 25.6 Å². The zero-order valence-electron chi connectivity index (χ0n) is 12.5. The Hall–Kier alpha value is -2.08. The van der Waals surface area contributed by atoms with Gasteiger partial charge in [0.15, 0.2) is 5.76 Å². The lowest BCUT2D eigenvalue weighted by molar-refractivity contribution is -0.0935. The molecule has 1 fully saturated rings. The van der Waals surface area contributed by atoms with E-state index in [9.17, 15) is 4.79 Å². The van der Waals surface area contributed by atoms with E-state index in [1.54, 1.807) is 28.1 Å². The third-order valence-electron chi connectivity index (χ3n) is 3.93. The van der Waals surface area contributed by atoms with Gasteiger partial charge in [-0.3, -0.25) is 9.48 Å². The molecule has 0 bridgehead atoms. The largest absolute Gasteiger partial charge is 0.459 e. The van der Waals surface area contributed by atoms with E-state index in [-0.39, 0.29) is 5.91 Å². The number of ether oxygens (including phenoxy) is 1. The van der Waals surface area contributed by atoms with Crippen LogP contribution in [0.5, 0.6) is 0 Å². The van der Waals surface area contributed by atoms with Crippen LogP contribution in [0, 0.1) is 6.92 Å². The summed E-state index contributed by atoms with van der Waals surface area (Å²) in [5.41, 5.74) is 1.29. The molecule has 0 aromatic carbocycles. The molecule has 1 amide bonds. The van der Waals surface area contributed by atoms with Crippen molar-refractivity contribution in [3.63, 3.8) is 0 Å². The number of hydrogen-bond acceptors (Lipinski definition) is 4. The molecule has 3 heterocycles. The molecule has 1 aliphatic rings. The minimum atomic E-state index is -0.539. The third-order valence-corrected chi connectivity index (χ3v) is 3.93. The van der Waals surface area contributed by atoms with Crippen LogP contribution in [0.2, 0.25) is 0 Å². The van der Waals surface area contributed by atoms with E-state index >= 15 is 0 Å². The first kappa shape index (κ1) is 13.9. The molecule has 1 aliphatic heterocycles. The predicted molar refractivity (Wildman–Crippen MR) is 75.9 cm³/mol. The number of rotatable bonds is 2. The summed E-state index contributed by atoms with van der Waals surface area (Å²) in [6, 6.07) is 1.80. The zero-order valence-corrected chi connectivity index (χ0v) is 12.5. The minimum Gasteiger partial charge on any atom is -0.459 e. The molecule has 0 N–H and O–H groups in total. The van der Waals surface area contributed by atoms with E-state index in [4.69, 9.17) is 9.15 Å². The van der Waals surface area contributed by atoms with Gasteiger partial charge in [-0.1, -0.05) is 0 Å². The Morgan fingerprint density at radius 2 is 2.29 bits per heavy atom. The first-order valence-corrected chi connectivity index (χ1v) is 6.96. The van der Waals surface area contributed by atoms with Crippen LogP contribution in [0.3, 0.4) is 0 Å². The Labute approximate surface area is 123 Å². The standard InChI is InChI=1S/C15H19N3O3/c1-11-4-6-20-13(11)14(19)18-5-7-21-15(2,10-18)12-8-16-17(3)9-12/h4,6,8-9H,5,7,10H2,1-3H3/t15-/m1/s1. The number of furan rings is 1. The van der Waals surface area contributed by atoms with Crippen LogP contribution in [-0.2, 0) is 17.4 Å². The smallest absolute Gasteiger partial charge is 0.290 e. The summed E-state index contributed by atoms with van der Waals surface area (Å²) in [7, 11) is 1.87. The number of amides is 1. The highest BCUT2D eigenvalue weighted by Crippen LogP contribution is 2.30. The van der Waals surface area contributed by atoms with Gasteiger partial charge in [-0.15, -0.1) is 0 Å². The molecule has 0 spiro atoms. The monoisotopic (exact) mass is 289 g/mol. The summed E-state index contributed by atoms with van der Waals surface area (Å²) in [6.45, 7) is 5.40. The Bertz CT molecular complexity index is 661. The number of nitrogens with zero attached hydrogens (tertiary/aromatic N) is 3. The van der Waals surface area contributed by atoms with Crippen LogP contribution in [0.1, 0.15) is 28.6 Å². The summed E-state index contributed by atoms with van der Waals surface area (Å²) in [5.74, 6) is 0.321. The Morgan fingerprint density at radius 1 is 1.48 bits per heavy atom. The molecule has 2 aromatic rings. The van der Waals surface area contributed by atoms with Gasteiger partial charge in [-0.05, 0) is 19.9 Å². The number of carbonyl (C=O) groups is 1. The first-order valence-electron chi connectivity index (χ1n) is 6.96. The van der Waals surface area contributed by atoms with E-state index < -0.39 is 5.60 Å². The van der Waals surface area contributed by atoms with E-state index in [1.807, 2.05) is 27.1 Å². The van der Waals surface area contributed by atoms with Crippen molar-refractivity contribution in [3.8, 4) is 0 Å². The number of aromatic nitrogens is 2. The average molecular weight is 289 g/mol. The summed E-state index contributed by atoms with van der Waals surface area (Å²) < 4.78 is 13.0. The van der Waals surface area contributed by atoms with Crippen molar-refractivity contribution in [2.24, 2.45) is 7.05 Å². The molecule has 6 nitrogen and oxygen atoms in total. The second kappa shape index (κ2) is 5.04. The highest BCUT2D eigenvalue weighted by Gasteiger charge is 2.37. The van der Waals surface area contributed by atoms with Crippen LogP contribution in [0.4, 0.5) is 0 Å². The van der Waals surface area contributed by atoms with E-state index in [2.05, 4.69) is 5.10 Å². The third kappa shape index (κ3) is 2.47. The number of hydrogen-bond donors (Lipinski definition) is 0. The number of carbonyl (C=O) groups excluding carboxylic acids is 1. The van der Waals surface area contributed by atoms with Crippen molar-refractivity contribution in [2.45, 2.75) is 19.4 Å². The van der Waals surface area contributed by atoms with Crippen LogP contribution in [-0.4, -0.2) is 40.3 Å². The van der Waals surface area contributed by atoms with E-state index in [0.717, 1.165) is 11.1 Å². The van der Waals surface area contributed by atoms with Crippen LogP contribution in [0.25, 0.3) is 0 Å². The summed E-state index contributed by atoms with van der Waals surface area (Å²) in [5, 5.41) is 4.19. The molecule has 21 heavy (non-hydrogen) atoms. The fraction of sp³-hybridized carbons (Fsp3) is 0.467. The van der Waals surface area contributed by atoms with Gasteiger partial charge in [-0.2, -0.15) is 5.10 Å². The quantitative estimate of drug-likeness (QED) is 0.844. The maximum Gasteiger partial charge on any atom is 0.290 e. The molecular formula is C15H19N3O3. The van der Waals surface area contributed by atoms with Gasteiger partial charge < -0.3 is 14.1 Å². The Morgan fingerprint density at radius 3 is 2.90 bits per heavy atom. The zero-order chi connectivity index (χ0) is 15.0. The molecule has 0 aliphatic carbocycles. The topological polar surface area (TPSA) is 60.5 Å². The highest BCUT2D eigenvalue weighted by molar-refractivity contribution is 5.93. The highest BCUT2D eigenvalue weighted by atomic mass is 16.5. The molecule has 1 atom stereocenters. The number of aryl methyl sites for hydroxylation is 2. The number of morpholine rings is 1. The molecule has 1 saturated heterocycles. The average Bonchev–Trinajstić information content (AvgIpc) is 3.07. The van der Waals surface area contributed by atoms with Crippen molar-refractivity contribution >= 4 is 5.91 Å². The Kier molecular flexibility index (Phi) is 3.33.